The van der Waals surface area contributed by atoms with Crippen LogP contribution < -0.4 is 16.4 Å². The number of sulfone groups is 1. The Kier molecular flexibility index (Phi) is 6.17. The Morgan fingerprint density at radius 1 is 1.06 bits per heavy atom. The second-order valence-corrected chi connectivity index (χ2v) is 9.95. The van der Waals surface area contributed by atoms with E-state index in [4.69, 9.17) is 5.73 Å². The number of aromatic nitrogens is 2. The third-order valence-corrected chi connectivity index (χ3v) is 7.95. The van der Waals surface area contributed by atoms with Crippen LogP contribution in [0.25, 0.3) is 11.4 Å². The minimum atomic E-state index is -4.24. The van der Waals surface area contributed by atoms with E-state index in [-0.39, 0.29) is 36.7 Å². The molecule has 1 heterocycles. The van der Waals surface area contributed by atoms with Crippen molar-refractivity contribution in [1.29, 1.82) is 0 Å². The lowest BCUT2D eigenvalue weighted by Gasteiger charge is -2.18. The third-order valence-electron chi connectivity index (χ3n) is 5.40. The average molecular weight is 491 g/mol. The van der Waals surface area contributed by atoms with Crippen LogP contribution in [-0.4, -0.2) is 37.6 Å². The number of halogens is 3. The van der Waals surface area contributed by atoms with Crippen molar-refractivity contribution < 1.29 is 26.4 Å². The molecule has 4 N–H and O–H groups in total. The van der Waals surface area contributed by atoms with Crippen LogP contribution in [0.2, 0.25) is 0 Å². The summed E-state index contributed by atoms with van der Waals surface area (Å²) in [6.07, 6.45) is 0.387. The zero-order valence-electron chi connectivity index (χ0n) is 17.7. The quantitative estimate of drug-likeness (QED) is 0.434. The SMILES string of the molecule is Nc1cc(C2(S(=O)(=O)c3ccc(F)cc3F)CC2)nc(-c2ccc(NC(=O)NCCF)cc2)n1. The summed E-state index contributed by atoms with van der Waals surface area (Å²) >= 11 is 0. The van der Waals surface area contributed by atoms with Crippen molar-refractivity contribution in [2.24, 2.45) is 0 Å². The Hall–Kier alpha value is -3.67. The molecular weight excluding hydrogens is 471 g/mol. The van der Waals surface area contributed by atoms with Crippen LogP contribution in [0.4, 0.5) is 29.5 Å². The minimum absolute atomic E-state index is 0.0221. The van der Waals surface area contributed by atoms with E-state index >= 15 is 0 Å². The van der Waals surface area contributed by atoms with Crippen molar-refractivity contribution in [3.63, 3.8) is 0 Å². The van der Waals surface area contributed by atoms with Gasteiger partial charge in [-0.3, -0.25) is 0 Å². The van der Waals surface area contributed by atoms with Crippen LogP contribution in [0.5, 0.6) is 0 Å². The molecule has 1 saturated carbocycles. The number of benzene rings is 2. The summed E-state index contributed by atoms with van der Waals surface area (Å²) in [7, 11) is -4.24. The van der Waals surface area contributed by atoms with E-state index in [0.717, 1.165) is 12.1 Å². The van der Waals surface area contributed by atoms with Gasteiger partial charge in [-0.15, -0.1) is 0 Å². The molecule has 2 aromatic carbocycles. The monoisotopic (exact) mass is 491 g/mol. The van der Waals surface area contributed by atoms with Crippen molar-refractivity contribution in [2.45, 2.75) is 22.5 Å². The van der Waals surface area contributed by atoms with Gasteiger partial charge in [0.05, 0.1) is 5.69 Å². The number of alkyl halides is 1. The number of anilines is 2. The highest BCUT2D eigenvalue weighted by molar-refractivity contribution is 7.92. The van der Waals surface area contributed by atoms with Crippen LogP contribution in [0.15, 0.2) is 53.4 Å². The first-order chi connectivity index (χ1) is 16.2. The summed E-state index contributed by atoms with van der Waals surface area (Å²) in [5.74, 6) is -1.89. The largest absolute Gasteiger partial charge is 0.384 e. The smallest absolute Gasteiger partial charge is 0.319 e. The van der Waals surface area contributed by atoms with Crippen LogP contribution in [-0.2, 0) is 14.6 Å². The molecule has 4 rings (SSSR count). The minimum Gasteiger partial charge on any atom is -0.384 e. The molecule has 3 aromatic rings. The van der Waals surface area contributed by atoms with Crippen molar-refractivity contribution >= 4 is 27.4 Å². The molecule has 0 atom stereocenters. The van der Waals surface area contributed by atoms with Gasteiger partial charge in [-0.2, -0.15) is 0 Å². The molecule has 0 unspecified atom stereocenters. The number of nitrogens with zero attached hydrogens (tertiary/aromatic N) is 2. The Labute approximate surface area is 193 Å². The first-order valence-corrected chi connectivity index (χ1v) is 11.7. The summed E-state index contributed by atoms with van der Waals surface area (Å²) in [6, 6.07) is 9.40. The molecule has 1 aliphatic rings. The molecule has 1 aliphatic carbocycles. The number of hydrogen-bond donors (Lipinski definition) is 3. The number of nitrogen functional groups attached to an aromatic ring is 1. The highest BCUT2D eigenvalue weighted by atomic mass is 32.2. The Bertz CT molecular complexity index is 1350. The highest BCUT2D eigenvalue weighted by Gasteiger charge is 2.58. The molecule has 0 aliphatic heterocycles. The average Bonchev–Trinajstić information content (AvgIpc) is 3.60. The number of nitrogens with two attached hydrogens (primary N) is 1. The fourth-order valence-electron chi connectivity index (χ4n) is 3.55. The summed E-state index contributed by atoms with van der Waals surface area (Å²) in [5.41, 5.74) is 6.97. The van der Waals surface area contributed by atoms with Gasteiger partial charge in [0, 0.05) is 29.9 Å². The lowest BCUT2D eigenvalue weighted by molar-refractivity contribution is 0.251. The zero-order chi connectivity index (χ0) is 24.5. The van der Waals surface area contributed by atoms with Gasteiger partial charge < -0.3 is 16.4 Å². The number of carbonyl (C=O) groups excluding carboxylic acids is 1. The first-order valence-electron chi connectivity index (χ1n) is 10.2. The van der Waals surface area contributed by atoms with Gasteiger partial charge in [0.25, 0.3) is 0 Å². The second-order valence-electron chi connectivity index (χ2n) is 7.72. The molecule has 0 bridgehead atoms. The normalized spacial score (nSPS) is 14.4. The summed E-state index contributed by atoms with van der Waals surface area (Å²) < 4.78 is 64.9. The Morgan fingerprint density at radius 2 is 1.76 bits per heavy atom. The molecule has 0 radical (unpaired) electrons. The van der Waals surface area contributed by atoms with Crippen LogP contribution in [0.1, 0.15) is 18.5 Å². The molecule has 1 aromatic heterocycles. The molecule has 2 amide bonds. The fourth-order valence-corrected chi connectivity index (χ4v) is 5.55. The van der Waals surface area contributed by atoms with E-state index in [0.29, 0.717) is 17.3 Å². The van der Waals surface area contributed by atoms with Crippen molar-refractivity contribution in [3.05, 3.63) is 65.9 Å². The van der Waals surface area contributed by atoms with E-state index in [1.54, 1.807) is 24.3 Å². The number of amides is 2. The molecule has 1 fully saturated rings. The molecule has 8 nitrogen and oxygen atoms in total. The van der Waals surface area contributed by atoms with Crippen LogP contribution >= 0.6 is 0 Å². The molecule has 178 valence electrons. The Morgan fingerprint density at radius 3 is 2.38 bits per heavy atom. The van der Waals surface area contributed by atoms with Gasteiger partial charge in [0.15, 0.2) is 15.7 Å². The van der Waals surface area contributed by atoms with Gasteiger partial charge in [0.2, 0.25) is 0 Å². The van der Waals surface area contributed by atoms with Gasteiger partial charge >= 0.3 is 6.03 Å². The number of rotatable bonds is 7. The maximum atomic E-state index is 14.3. The molecule has 0 saturated heterocycles. The lowest BCUT2D eigenvalue weighted by atomic mass is 10.1. The molecule has 0 spiro atoms. The van der Waals surface area contributed by atoms with Crippen molar-refractivity contribution in [1.82, 2.24) is 15.3 Å². The van der Waals surface area contributed by atoms with Crippen molar-refractivity contribution in [2.75, 3.05) is 24.3 Å². The van der Waals surface area contributed by atoms with Gasteiger partial charge in [-0.1, -0.05) is 0 Å². The van der Waals surface area contributed by atoms with Crippen LogP contribution in [0.3, 0.4) is 0 Å². The van der Waals surface area contributed by atoms with E-state index in [1.165, 1.54) is 6.07 Å². The number of urea groups is 1. The van der Waals surface area contributed by atoms with E-state index in [9.17, 15) is 26.4 Å². The van der Waals surface area contributed by atoms with Gasteiger partial charge in [-0.05, 0) is 49.2 Å². The Balaban J connectivity index is 1.64. The first kappa shape index (κ1) is 23.5. The zero-order valence-corrected chi connectivity index (χ0v) is 18.5. The van der Waals surface area contributed by atoms with Gasteiger partial charge in [0.1, 0.15) is 33.8 Å². The summed E-state index contributed by atoms with van der Waals surface area (Å²) in [5, 5.41) is 4.87. The highest BCUT2D eigenvalue weighted by Crippen LogP contribution is 2.55. The maximum Gasteiger partial charge on any atom is 0.319 e. The fraction of sp³-hybridized carbons (Fsp3) is 0.227. The molecule has 34 heavy (non-hydrogen) atoms. The lowest BCUT2D eigenvalue weighted by Crippen LogP contribution is -2.30. The second kappa shape index (κ2) is 8.93. The number of hydrogen-bond acceptors (Lipinski definition) is 6. The molecule has 12 heteroatoms. The predicted molar refractivity (Wildman–Crippen MR) is 119 cm³/mol. The topological polar surface area (TPSA) is 127 Å². The molecular formula is C22H20F3N5O3S. The predicted octanol–water partition coefficient (Wildman–Crippen LogP) is 3.56. The third kappa shape index (κ3) is 4.40. The van der Waals surface area contributed by atoms with Gasteiger partial charge in [-0.25, -0.2) is 36.4 Å². The van der Waals surface area contributed by atoms with Crippen LogP contribution in [0, 0.1) is 11.6 Å². The number of nitrogens with one attached hydrogen (secondary N) is 2. The number of carbonyl (C=O) groups is 1. The van der Waals surface area contributed by atoms with E-state index < -0.39 is 43.8 Å². The summed E-state index contributed by atoms with van der Waals surface area (Å²) in [6.45, 7) is -0.803. The van der Waals surface area contributed by atoms with Crippen molar-refractivity contribution in [3.8, 4) is 11.4 Å². The van der Waals surface area contributed by atoms with E-state index in [1.807, 2.05) is 0 Å². The summed E-state index contributed by atoms with van der Waals surface area (Å²) in [4.78, 5) is 19.6. The standard InChI is InChI=1S/C22H20F3N5O3S/c23-9-10-27-21(31)28-15-4-1-13(2-5-15)20-29-18(12-19(26)30-20)22(7-8-22)34(32,33)17-6-3-14(24)11-16(17)25/h1-6,11-12H,7-10H2,(H2,26,29,30)(H2,27,28,31). The maximum absolute atomic E-state index is 14.3. The van der Waals surface area contributed by atoms with E-state index in [2.05, 4.69) is 20.6 Å².